The molecule has 46 heavy (non-hydrogen) atoms. The van der Waals surface area contributed by atoms with E-state index in [0.29, 0.717) is 0 Å². The van der Waals surface area contributed by atoms with E-state index >= 15 is 0 Å². The zero-order valence-corrected chi connectivity index (χ0v) is 28.7. The fraction of sp³-hybridized carbons (Fsp3) is 0.919. The van der Waals surface area contributed by atoms with Gasteiger partial charge in [0.2, 0.25) is 0 Å². The number of carbonyl (C=O) groups is 1. The zero-order valence-electron chi connectivity index (χ0n) is 28.7. The van der Waals surface area contributed by atoms with Gasteiger partial charge in [-0.1, -0.05) is 141 Å². The van der Waals surface area contributed by atoms with E-state index in [1.54, 1.807) is 0 Å². The number of hydrogen-bond donors (Lipinski definition) is 2. The molecule has 0 bridgehead atoms. The van der Waals surface area contributed by atoms with E-state index in [2.05, 4.69) is 11.5 Å². The van der Waals surface area contributed by atoms with Crippen molar-refractivity contribution in [1.29, 1.82) is 0 Å². The Kier molecular flexibility index (Phi) is 20.6. The molecule has 0 aromatic carbocycles. The van der Waals surface area contributed by atoms with Gasteiger partial charge >= 0.3 is 11.9 Å². The molecule has 0 saturated heterocycles. The van der Waals surface area contributed by atoms with Gasteiger partial charge < -0.3 is 18.9 Å². The molecule has 3 fully saturated rings. The molecule has 3 saturated carbocycles. The van der Waals surface area contributed by atoms with Gasteiger partial charge in [0.15, 0.2) is 12.2 Å². The summed E-state index contributed by atoms with van der Waals surface area (Å²) in [7, 11) is 0. The fourth-order valence-electron chi connectivity index (χ4n) is 7.46. The van der Waals surface area contributed by atoms with Gasteiger partial charge in [-0.3, -0.25) is 10.5 Å². The van der Waals surface area contributed by atoms with Gasteiger partial charge in [0.05, 0.1) is 18.3 Å². The first kappa shape index (κ1) is 39.4. The van der Waals surface area contributed by atoms with Crippen molar-refractivity contribution in [2.24, 2.45) is 0 Å². The Morgan fingerprint density at radius 1 is 0.609 bits per heavy atom. The molecule has 0 spiro atoms. The summed E-state index contributed by atoms with van der Waals surface area (Å²) in [6, 6.07) is 0. The van der Waals surface area contributed by atoms with Gasteiger partial charge in [-0.05, 0) is 38.5 Å². The Hall–Kier alpha value is -1.07. The zero-order chi connectivity index (χ0) is 32.7. The summed E-state index contributed by atoms with van der Waals surface area (Å²) in [4.78, 5) is 22.8. The van der Waals surface area contributed by atoms with Crippen molar-refractivity contribution in [2.45, 2.75) is 210 Å². The van der Waals surface area contributed by atoms with E-state index in [-0.39, 0.29) is 18.3 Å². The minimum absolute atomic E-state index is 0.207. The van der Waals surface area contributed by atoms with Gasteiger partial charge in [0.25, 0.3) is 0 Å². The van der Waals surface area contributed by atoms with Crippen molar-refractivity contribution in [3.8, 4) is 0 Å². The lowest BCUT2D eigenvalue weighted by atomic mass is 9.97. The lowest BCUT2D eigenvalue weighted by molar-refractivity contribution is -0.455. The SMILES string of the molecule is C=CC(=O)OC(OC1CCCCCCCCC1)(OC1CCCCCCCCC1)C(OC1CCCCCCCCC1)C(COO)OO. The highest BCUT2D eigenvalue weighted by molar-refractivity contribution is 5.81. The van der Waals surface area contributed by atoms with Crippen molar-refractivity contribution in [3.05, 3.63) is 12.7 Å². The van der Waals surface area contributed by atoms with Crippen LogP contribution in [-0.4, -0.2) is 59.6 Å². The molecular weight excluding hydrogens is 588 g/mol. The standard InChI is InChI=1S/C37H66O9/c1-2-35(38)45-37(43-32-26-20-14-8-4-9-15-21-27-32,44-33-28-22-16-10-5-11-17-23-29-33)36(34(46-40)30-41-39)42-31-24-18-12-6-3-7-13-19-25-31/h2,31-34,36,39-40H,1,3-30H2. The van der Waals surface area contributed by atoms with E-state index in [1.165, 1.54) is 57.8 Å². The average molecular weight is 655 g/mol. The third-order valence-electron chi connectivity index (χ3n) is 10.1. The number of esters is 1. The van der Waals surface area contributed by atoms with Crippen molar-refractivity contribution in [1.82, 2.24) is 0 Å². The van der Waals surface area contributed by atoms with Crippen LogP contribution < -0.4 is 0 Å². The van der Waals surface area contributed by atoms with Gasteiger partial charge in [-0.2, -0.15) is 0 Å². The van der Waals surface area contributed by atoms with E-state index in [4.69, 9.17) is 23.8 Å². The number of hydrogen-bond acceptors (Lipinski definition) is 9. The van der Waals surface area contributed by atoms with E-state index in [1.807, 2.05) is 0 Å². The van der Waals surface area contributed by atoms with Crippen LogP contribution in [0.15, 0.2) is 12.7 Å². The maximum absolute atomic E-state index is 13.3. The number of rotatable bonds is 13. The van der Waals surface area contributed by atoms with Gasteiger partial charge in [0.1, 0.15) is 6.61 Å². The smallest absolute Gasteiger partial charge is 0.360 e. The molecular formula is C37H66O9. The molecule has 0 amide bonds. The molecule has 9 nitrogen and oxygen atoms in total. The van der Waals surface area contributed by atoms with Crippen LogP contribution in [0.3, 0.4) is 0 Å². The predicted molar refractivity (Wildman–Crippen MR) is 178 cm³/mol. The maximum atomic E-state index is 13.3. The van der Waals surface area contributed by atoms with Gasteiger partial charge in [-0.15, -0.1) is 0 Å². The molecule has 3 aliphatic rings. The first-order chi connectivity index (χ1) is 22.6. The third kappa shape index (κ3) is 15.0. The van der Waals surface area contributed by atoms with Crippen molar-refractivity contribution < 1.29 is 44.0 Å². The molecule has 2 unspecified atom stereocenters. The number of ether oxygens (including phenoxy) is 4. The highest BCUT2D eigenvalue weighted by atomic mass is 17.1. The second-order valence-corrected chi connectivity index (χ2v) is 14.0. The van der Waals surface area contributed by atoms with Gasteiger partial charge in [0, 0.05) is 6.08 Å². The molecule has 0 radical (unpaired) electrons. The molecule has 268 valence electrons. The maximum Gasteiger partial charge on any atom is 0.360 e. The van der Waals surface area contributed by atoms with Crippen molar-refractivity contribution in [3.63, 3.8) is 0 Å². The lowest BCUT2D eigenvalue weighted by Gasteiger charge is -2.45. The van der Waals surface area contributed by atoms with E-state index < -0.39 is 30.8 Å². The van der Waals surface area contributed by atoms with Crippen LogP contribution in [0.25, 0.3) is 0 Å². The number of carbonyl (C=O) groups excluding carboxylic acids is 1. The van der Waals surface area contributed by atoms with Crippen LogP contribution in [-0.2, 0) is 33.5 Å². The molecule has 3 rings (SSSR count). The minimum Gasteiger partial charge on any atom is -0.402 e. The first-order valence-electron chi connectivity index (χ1n) is 19.0. The summed E-state index contributed by atoms with van der Waals surface area (Å²) in [6.45, 7) is 3.26. The fourth-order valence-corrected chi connectivity index (χ4v) is 7.46. The molecule has 2 atom stereocenters. The largest absolute Gasteiger partial charge is 0.402 e. The van der Waals surface area contributed by atoms with Crippen LogP contribution >= 0.6 is 0 Å². The summed E-state index contributed by atoms with van der Waals surface area (Å²) >= 11 is 0. The highest BCUT2D eigenvalue weighted by Gasteiger charge is 2.55. The Labute approximate surface area is 278 Å². The first-order valence-corrected chi connectivity index (χ1v) is 19.0. The summed E-state index contributed by atoms with van der Waals surface area (Å²) in [6.07, 6.45) is 26.3. The van der Waals surface area contributed by atoms with E-state index in [0.717, 1.165) is 122 Å². The lowest BCUT2D eigenvalue weighted by Crippen LogP contribution is -2.61. The molecule has 0 aromatic heterocycles. The summed E-state index contributed by atoms with van der Waals surface area (Å²) in [5, 5.41) is 19.9. The second kappa shape index (κ2) is 24.1. The third-order valence-corrected chi connectivity index (χ3v) is 10.1. The molecule has 0 aromatic rings. The van der Waals surface area contributed by atoms with E-state index in [9.17, 15) is 15.3 Å². The normalized spacial score (nSPS) is 23.5. The summed E-state index contributed by atoms with van der Waals surface area (Å²) < 4.78 is 27.1. The van der Waals surface area contributed by atoms with Crippen molar-refractivity contribution in [2.75, 3.05) is 6.61 Å². The summed E-state index contributed by atoms with van der Waals surface area (Å²) in [5.74, 6) is -2.75. The molecule has 0 aliphatic heterocycles. The van der Waals surface area contributed by atoms with Crippen LogP contribution in [0.5, 0.6) is 0 Å². The van der Waals surface area contributed by atoms with Crippen LogP contribution in [0, 0.1) is 0 Å². The van der Waals surface area contributed by atoms with Crippen LogP contribution in [0.1, 0.15) is 173 Å². The highest BCUT2D eigenvalue weighted by Crippen LogP contribution is 2.37. The Morgan fingerprint density at radius 2 is 0.957 bits per heavy atom. The second-order valence-electron chi connectivity index (χ2n) is 14.0. The van der Waals surface area contributed by atoms with Gasteiger partial charge in [-0.25, -0.2) is 14.6 Å². The molecule has 0 heterocycles. The Balaban J connectivity index is 2.05. The summed E-state index contributed by atoms with van der Waals surface area (Å²) in [5.41, 5.74) is 0. The molecule has 2 N–H and O–H groups in total. The topological polar surface area (TPSA) is 113 Å². The van der Waals surface area contributed by atoms with Crippen LogP contribution in [0.2, 0.25) is 0 Å². The monoisotopic (exact) mass is 654 g/mol. The van der Waals surface area contributed by atoms with Crippen molar-refractivity contribution >= 4 is 5.97 Å². The average Bonchev–Trinajstić information content (AvgIpc) is 3.07. The Morgan fingerprint density at radius 3 is 1.28 bits per heavy atom. The molecule has 9 heteroatoms. The molecule has 3 aliphatic carbocycles. The minimum atomic E-state index is -2.05. The predicted octanol–water partition coefficient (Wildman–Crippen LogP) is 9.81. The van der Waals surface area contributed by atoms with Crippen LogP contribution in [0.4, 0.5) is 0 Å². The quantitative estimate of drug-likeness (QED) is 0.0659. The Bertz CT molecular complexity index is 735.